The summed E-state index contributed by atoms with van der Waals surface area (Å²) in [6.45, 7) is 1.86. The largest absolute Gasteiger partial charge is 0.496 e. The first-order chi connectivity index (χ1) is 15.5. The number of amides is 2. The van der Waals surface area contributed by atoms with Crippen LogP contribution in [0.4, 0.5) is 10.3 Å². The van der Waals surface area contributed by atoms with E-state index in [2.05, 4.69) is 20.6 Å². The minimum Gasteiger partial charge on any atom is -0.496 e. The Kier molecular flexibility index (Phi) is 6.58. The van der Waals surface area contributed by atoms with Gasteiger partial charge in [-0.2, -0.15) is 0 Å². The molecule has 0 radical (unpaired) electrons. The average molecular weight is 465 g/mol. The number of nitrogens with zero attached hydrogens (tertiary/aromatic N) is 2. The van der Waals surface area contributed by atoms with E-state index in [1.54, 1.807) is 24.3 Å². The monoisotopic (exact) mass is 464 g/mol. The minimum atomic E-state index is -0.296. The van der Waals surface area contributed by atoms with Crippen LogP contribution in [0.5, 0.6) is 5.75 Å². The quantitative estimate of drug-likeness (QED) is 0.401. The maximum atomic E-state index is 12.6. The van der Waals surface area contributed by atoms with Gasteiger partial charge in [0.1, 0.15) is 5.75 Å². The molecule has 0 fully saturated rings. The van der Waals surface area contributed by atoms with E-state index in [-0.39, 0.29) is 18.2 Å². The molecule has 2 heterocycles. The van der Waals surface area contributed by atoms with Gasteiger partial charge in [-0.3, -0.25) is 14.9 Å². The molecule has 0 aliphatic carbocycles. The Balaban J connectivity index is 1.44. The molecule has 4 rings (SSSR count). The van der Waals surface area contributed by atoms with Crippen molar-refractivity contribution in [3.63, 3.8) is 0 Å². The molecule has 2 N–H and O–H groups in total. The second-order valence-electron chi connectivity index (χ2n) is 6.84. The van der Waals surface area contributed by atoms with Gasteiger partial charge in [0.15, 0.2) is 10.3 Å². The van der Waals surface area contributed by atoms with Gasteiger partial charge in [-0.05, 0) is 24.6 Å². The number of carbonyl (C=O) groups is 2. The van der Waals surface area contributed by atoms with Crippen molar-refractivity contribution in [2.45, 2.75) is 13.3 Å². The number of aryl methyl sites for hydroxylation is 1. The first kappa shape index (κ1) is 21.7. The molecule has 0 aliphatic heterocycles. The van der Waals surface area contributed by atoms with Crippen LogP contribution in [-0.2, 0) is 11.2 Å². The fourth-order valence-corrected chi connectivity index (χ4v) is 4.78. The number of rotatable bonds is 7. The van der Waals surface area contributed by atoms with Gasteiger partial charge in [-0.1, -0.05) is 53.8 Å². The maximum Gasteiger partial charge on any atom is 0.261 e. The lowest BCUT2D eigenvalue weighted by Crippen LogP contribution is -2.14. The highest BCUT2D eigenvalue weighted by Crippen LogP contribution is 2.35. The molecule has 0 spiro atoms. The van der Waals surface area contributed by atoms with Crippen LogP contribution >= 0.6 is 22.7 Å². The summed E-state index contributed by atoms with van der Waals surface area (Å²) in [5.74, 6) is 0.0756. The lowest BCUT2D eigenvalue weighted by atomic mass is 10.1. The molecular formula is C23H20N4O3S2. The van der Waals surface area contributed by atoms with Gasteiger partial charge < -0.3 is 10.1 Å². The van der Waals surface area contributed by atoms with E-state index in [4.69, 9.17) is 4.74 Å². The number of thiazole rings is 2. The predicted molar refractivity (Wildman–Crippen MR) is 128 cm³/mol. The zero-order valence-electron chi connectivity index (χ0n) is 17.4. The van der Waals surface area contributed by atoms with Crippen LogP contribution in [-0.4, -0.2) is 28.9 Å². The molecule has 0 saturated heterocycles. The molecule has 0 bridgehead atoms. The Bertz CT molecular complexity index is 1250. The average Bonchev–Trinajstić information content (AvgIpc) is 3.40. The summed E-state index contributed by atoms with van der Waals surface area (Å²) in [4.78, 5) is 34.8. The lowest BCUT2D eigenvalue weighted by Gasteiger charge is -2.06. The number of hydrogen-bond acceptors (Lipinski definition) is 7. The first-order valence-electron chi connectivity index (χ1n) is 9.75. The van der Waals surface area contributed by atoms with Gasteiger partial charge in [-0.25, -0.2) is 9.97 Å². The van der Waals surface area contributed by atoms with Gasteiger partial charge in [0, 0.05) is 5.38 Å². The van der Waals surface area contributed by atoms with Gasteiger partial charge >= 0.3 is 0 Å². The van der Waals surface area contributed by atoms with E-state index in [0.29, 0.717) is 27.3 Å². The number of para-hydroxylation sites is 1. The van der Waals surface area contributed by atoms with Crippen LogP contribution in [0.15, 0.2) is 60.0 Å². The Hall–Kier alpha value is -3.56. The van der Waals surface area contributed by atoms with Crippen LogP contribution in [0.25, 0.3) is 10.6 Å². The molecule has 2 aromatic heterocycles. The van der Waals surface area contributed by atoms with E-state index in [1.165, 1.54) is 29.8 Å². The predicted octanol–water partition coefficient (Wildman–Crippen LogP) is 5.02. The highest BCUT2D eigenvalue weighted by atomic mass is 32.1. The fourth-order valence-electron chi connectivity index (χ4n) is 3.06. The molecule has 162 valence electrons. The van der Waals surface area contributed by atoms with Crippen molar-refractivity contribution in [2.75, 3.05) is 17.7 Å². The minimum absolute atomic E-state index is 0.122. The summed E-state index contributed by atoms with van der Waals surface area (Å²) in [7, 11) is 1.52. The van der Waals surface area contributed by atoms with Gasteiger partial charge in [0.2, 0.25) is 5.91 Å². The highest BCUT2D eigenvalue weighted by molar-refractivity contribution is 7.20. The molecule has 0 unspecified atom stereocenters. The molecular weight excluding hydrogens is 444 g/mol. The summed E-state index contributed by atoms with van der Waals surface area (Å²) in [5, 5.41) is 8.52. The third kappa shape index (κ3) is 5.01. The van der Waals surface area contributed by atoms with Crippen molar-refractivity contribution < 1.29 is 14.3 Å². The highest BCUT2D eigenvalue weighted by Gasteiger charge is 2.18. The first-order valence-corrected chi connectivity index (χ1v) is 11.4. The van der Waals surface area contributed by atoms with E-state index < -0.39 is 0 Å². The molecule has 0 atom stereocenters. The maximum absolute atomic E-state index is 12.6. The molecule has 0 saturated carbocycles. The Labute approximate surface area is 193 Å². The zero-order valence-corrected chi connectivity index (χ0v) is 19.0. The van der Waals surface area contributed by atoms with Crippen molar-refractivity contribution in [1.29, 1.82) is 0 Å². The molecule has 7 nitrogen and oxygen atoms in total. The van der Waals surface area contributed by atoms with Crippen molar-refractivity contribution in [3.05, 3.63) is 76.8 Å². The summed E-state index contributed by atoms with van der Waals surface area (Å²) in [5.41, 5.74) is 2.83. The summed E-state index contributed by atoms with van der Waals surface area (Å²) < 4.78 is 5.25. The number of nitrogens with one attached hydrogen (secondary N) is 2. The third-order valence-corrected chi connectivity index (χ3v) is 6.41. The van der Waals surface area contributed by atoms with Crippen LogP contribution in [0, 0.1) is 6.92 Å². The molecule has 2 aromatic carbocycles. The summed E-state index contributed by atoms with van der Waals surface area (Å²) >= 11 is 2.68. The second-order valence-corrected chi connectivity index (χ2v) is 8.69. The smallest absolute Gasteiger partial charge is 0.261 e. The molecule has 0 aliphatic rings. The van der Waals surface area contributed by atoms with Crippen molar-refractivity contribution in [3.8, 4) is 16.3 Å². The topological polar surface area (TPSA) is 93.2 Å². The Morgan fingerprint density at radius 1 is 0.969 bits per heavy atom. The van der Waals surface area contributed by atoms with Crippen LogP contribution in [0.2, 0.25) is 0 Å². The number of methoxy groups -OCH3 is 1. The molecule has 4 aromatic rings. The number of carbonyl (C=O) groups excluding carboxylic acids is 2. The lowest BCUT2D eigenvalue weighted by molar-refractivity contribution is -0.115. The van der Waals surface area contributed by atoms with Crippen LogP contribution in [0.3, 0.4) is 0 Å². The molecule has 32 heavy (non-hydrogen) atoms. The van der Waals surface area contributed by atoms with E-state index in [9.17, 15) is 9.59 Å². The SMILES string of the molecule is COc1ccccc1C(=O)Nc1nc(C)c(-c2csc(NC(=O)Cc3ccccc3)n2)s1. The number of hydrogen-bond donors (Lipinski definition) is 2. The Morgan fingerprint density at radius 3 is 2.50 bits per heavy atom. The summed E-state index contributed by atoms with van der Waals surface area (Å²) in [6.07, 6.45) is 0.286. The molecule has 9 heteroatoms. The molecule has 2 amide bonds. The Morgan fingerprint density at radius 2 is 1.72 bits per heavy atom. The van der Waals surface area contributed by atoms with Gasteiger partial charge in [-0.15, -0.1) is 11.3 Å². The van der Waals surface area contributed by atoms with E-state index >= 15 is 0 Å². The van der Waals surface area contributed by atoms with Crippen molar-refractivity contribution >= 4 is 44.8 Å². The van der Waals surface area contributed by atoms with Gasteiger partial charge in [0.25, 0.3) is 5.91 Å². The summed E-state index contributed by atoms with van der Waals surface area (Å²) in [6, 6.07) is 16.6. The fraction of sp³-hybridized carbons (Fsp3) is 0.130. The van der Waals surface area contributed by atoms with Gasteiger partial charge in [0.05, 0.1) is 35.4 Å². The normalized spacial score (nSPS) is 10.6. The van der Waals surface area contributed by atoms with Crippen molar-refractivity contribution in [2.24, 2.45) is 0 Å². The zero-order chi connectivity index (χ0) is 22.5. The number of anilines is 2. The van der Waals surface area contributed by atoms with Crippen LogP contribution < -0.4 is 15.4 Å². The number of benzene rings is 2. The van der Waals surface area contributed by atoms with E-state index in [1.807, 2.05) is 42.6 Å². The van der Waals surface area contributed by atoms with Crippen molar-refractivity contribution in [1.82, 2.24) is 9.97 Å². The number of ether oxygens (including phenoxy) is 1. The number of aromatic nitrogens is 2. The second kappa shape index (κ2) is 9.71. The van der Waals surface area contributed by atoms with E-state index in [0.717, 1.165) is 16.1 Å². The van der Waals surface area contributed by atoms with Crippen LogP contribution in [0.1, 0.15) is 21.6 Å². The standard InChI is InChI=1S/C23H20N4O3S2/c1-14-20(32-23(24-14)27-21(29)16-10-6-7-11-18(16)30-2)17-13-31-22(25-17)26-19(28)12-15-8-4-3-5-9-15/h3-11,13H,12H2,1-2H3,(H,24,27,29)(H,25,26,28). The third-order valence-electron chi connectivity index (χ3n) is 4.56.